The molecular formula is C11H9F3O2. The van der Waals surface area contributed by atoms with Gasteiger partial charge in [0.1, 0.15) is 11.5 Å². The molecule has 1 aliphatic heterocycles. The molecule has 0 aliphatic carbocycles. The van der Waals surface area contributed by atoms with Crippen LogP contribution in [-0.4, -0.2) is 19.4 Å². The molecule has 1 unspecified atom stereocenters. The molecule has 0 aromatic heterocycles. The molecule has 0 amide bonds. The monoisotopic (exact) mass is 230 g/mol. The second kappa shape index (κ2) is 3.73. The number of fused-ring (bicyclic) bond motifs is 1. The van der Waals surface area contributed by atoms with Crippen molar-refractivity contribution in [2.45, 2.75) is 12.3 Å². The van der Waals surface area contributed by atoms with Crippen LogP contribution < -0.4 is 9.47 Å². The lowest BCUT2D eigenvalue weighted by Gasteiger charge is -2.24. The lowest BCUT2D eigenvalue weighted by atomic mass is 10.1. The summed E-state index contributed by atoms with van der Waals surface area (Å²) >= 11 is 0. The highest BCUT2D eigenvalue weighted by molar-refractivity contribution is 5.66. The van der Waals surface area contributed by atoms with Crippen molar-refractivity contribution in [2.24, 2.45) is 0 Å². The fourth-order valence-electron chi connectivity index (χ4n) is 1.50. The molecule has 5 heteroatoms. The van der Waals surface area contributed by atoms with Crippen molar-refractivity contribution >= 4 is 6.08 Å². The Morgan fingerprint density at radius 1 is 1.31 bits per heavy atom. The van der Waals surface area contributed by atoms with E-state index in [2.05, 4.69) is 0 Å². The lowest BCUT2D eigenvalue weighted by Crippen LogP contribution is -2.33. The van der Waals surface area contributed by atoms with E-state index in [1.807, 2.05) is 0 Å². The van der Waals surface area contributed by atoms with Gasteiger partial charge < -0.3 is 9.47 Å². The predicted molar refractivity (Wildman–Crippen MR) is 52.5 cm³/mol. The van der Waals surface area contributed by atoms with Gasteiger partial charge in [0.2, 0.25) is 6.10 Å². The first kappa shape index (κ1) is 10.9. The van der Waals surface area contributed by atoms with Gasteiger partial charge in [0.15, 0.2) is 0 Å². The average molecular weight is 230 g/mol. The first-order valence-corrected chi connectivity index (χ1v) is 4.61. The molecule has 0 fully saturated rings. The minimum Gasteiger partial charge on any atom is -0.496 e. The average Bonchev–Trinajstić information content (AvgIpc) is 2.26. The summed E-state index contributed by atoms with van der Waals surface area (Å²) in [5, 5.41) is 0. The Morgan fingerprint density at radius 2 is 2.06 bits per heavy atom. The number of alkyl halides is 3. The fourth-order valence-corrected chi connectivity index (χ4v) is 1.50. The Bertz CT molecular complexity index is 424. The maximum absolute atomic E-state index is 12.4. The molecule has 0 radical (unpaired) electrons. The Labute approximate surface area is 90.3 Å². The Hall–Kier alpha value is -1.65. The summed E-state index contributed by atoms with van der Waals surface area (Å²) in [4.78, 5) is 0. The van der Waals surface area contributed by atoms with Gasteiger partial charge in [0.25, 0.3) is 0 Å². The molecule has 0 N–H and O–H groups in total. The summed E-state index contributed by atoms with van der Waals surface area (Å²) in [6.45, 7) is 0. The van der Waals surface area contributed by atoms with E-state index >= 15 is 0 Å². The molecule has 86 valence electrons. The maximum Gasteiger partial charge on any atom is 0.429 e. The van der Waals surface area contributed by atoms with Gasteiger partial charge in [-0.15, -0.1) is 0 Å². The minimum absolute atomic E-state index is 0.184. The zero-order chi connectivity index (χ0) is 11.8. The van der Waals surface area contributed by atoms with E-state index in [9.17, 15) is 13.2 Å². The van der Waals surface area contributed by atoms with Gasteiger partial charge in [0.05, 0.1) is 12.7 Å². The molecule has 0 bridgehead atoms. The smallest absolute Gasteiger partial charge is 0.429 e. The van der Waals surface area contributed by atoms with Crippen LogP contribution in [0.15, 0.2) is 24.3 Å². The highest BCUT2D eigenvalue weighted by atomic mass is 19.4. The van der Waals surface area contributed by atoms with Crippen LogP contribution in [0, 0.1) is 0 Å². The van der Waals surface area contributed by atoms with Crippen molar-refractivity contribution in [3.8, 4) is 11.5 Å². The number of ether oxygens (including phenoxy) is 2. The quantitative estimate of drug-likeness (QED) is 0.738. The standard InChI is InChI=1S/C11H9F3O2/c1-15-8-3-2-4-9-7(8)5-6-10(16-9)11(12,13)14/h2-6,10H,1H3. The number of benzene rings is 1. The number of rotatable bonds is 1. The lowest BCUT2D eigenvalue weighted by molar-refractivity contribution is -0.180. The van der Waals surface area contributed by atoms with Crippen LogP contribution in [0.1, 0.15) is 5.56 Å². The first-order chi connectivity index (χ1) is 7.52. The van der Waals surface area contributed by atoms with Crippen molar-refractivity contribution in [3.05, 3.63) is 29.8 Å². The normalized spacial score (nSPS) is 18.9. The maximum atomic E-state index is 12.4. The number of hydrogen-bond acceptors (Lipinski definition) is 2. The molecule has 0 saturated carbocycles. The molecule has 1 aliphatic rings. The van der Waals surface area contributed by atoms with E-state index in [-0.39, 0.29) is 5.75 Å². The van der Waals surface area contributed by atoms with Gasteiger partial charge >= 0.3 is 6.18 Å². The second-order valence-corrected chi connectivity index (χ2v) is 3.31. The molecule has 1 aromatic carbocycles. The molecule has 2 nitrogen and oxygen atoms in total. The highest BCUT2D eigenvalue weighted by Crippen LogP contribution is 2.37. The highest BCUT2D eigenvalue weighted by Gasteiger charge is 2.41. The van der Waals surface area contributed by atoms with Gasteiger partial charge in [0, 0.05) is 0 Å². The molecule has 1 heterocycles. The third-order valence-corrected chi connectivity index (χ3v) is 2.26. The molecule has 1 aromatic rings. The van der Waals surface area contributed by atoms with Crippen molar-refractivity contribution in [1.29, 1.82) is 0 Å². The van der Waals surface area contributed by atoms with Crippen LogP contribution >= 0.6 is 0 Å². The van der Waals surface area contributed by atoms with E-state index in [0.29, 0.717) is 11.3 Å². The third-order valence-electron chi connectivity index (χ3n) is 2.26. The van der Waals surface area contributed by atoms with E-state index in [1.165, 1.54) is 19.3 Å². The summed E-state index contributed by atoms with van der Waals surface area (Å²) in [6, 6.07) is 4.74. The van der Waals surface area contributed by atoms with Crippen LogP contribution in [0.4, 0.5) is 13.2 Å². The topological polar surface area (TPSA) is 18.5 Å². The van der Waals surface area contributed by atoms with Crippen LogP contribution in [0.25, 0.3) is 6.08 Å². The van der Waals surface area contributed by atoms with Gasteiger partial charge in [-0.25, -0.2) is 0 Å². The molecule has 1 atom stereocenters. The number of hydrogen-bond donors (Lipinski definition) is 0. The van der Waals surface area contributed by atoms with Gasteiger partial charge in [-0.05, 0) is 24.3 Å². The Morgan fingerprint density at radius 3 is 2.69 bits per heavy atom. The van der Waals surface area contributed by atoms with E-state index in [0.717, 1.165) is 6.08 Å². The zero-order valence-electron chi connectivity index (χ0n) is 8.41. The van der Waals surface area contributed by atoms with Crippen molar-refractivity contribution in [3.63, 3.8) is 0 Å². The third kappa shape index (κ3) is 1.85. The molecule has 16 heavy (non-hydrogen) atoms. The van der Waals surface area contributed by atoms with Gasteiger partial charge in [-0.3, -0.25) is 0 Å². The van der Waals surface area contributed by atoms with Crippen LogP contribution in [0.5, 0.6) is 11.5 Å². The molecular weight excluding hydrogens is 221 g/mol. The zero-order valence-corrected chi connectivity index (χ0v) is 8.41. The molecule has 0 spiro atoms. The van der Waals surface area contributed by atoms with Crippen LogP contribution in [0.3, 0.4) is 0 Å². The summed E-state index contributed by atoms with van der Waals surface area (Å²) in [7, 11) is 1.46. The van der Waals surface area contributed by atoms with Crippen molar-refractivity contribution in [2.75, 3.05) is 7.11 Å². The molecule has 0 saturated heterocycles. The van der Waals surface area contributed by atoms with Crippen LogP contribution in [-0.2, 0) is 0 Å². The summed E-state index contributed by atoms with van der Waals surface area (Å²) in [5.74, 6) is 0.679. The molecule has 2 rings (SSSR count). The van der Waals surface area contributed by atoms with E-state index < -0.39 is 12.3 Å². The van der Waals surface area contributed by atoms with Gasteiger partial charge in [-0.1, -0.05) is 6.07 Å². The number of methoxy groups -OCH3 is 1. The van der Waals surface area contributed by atoms with Crippen LogP contribution in [0.2, 0.25) is 0 Å². The summed E-state index contributed by atoms with van der Waals surface area (Å²) < 4.78 is 47.1. The SMILES string of the molecule is COc1cccc2c1C=CC(C(F)(F)F)O2. The largest absolute Gasteiger partial charge is 0.496 e. The number of halogens is 3. The first-order valence-electron chi connectivity index (χ1n) is 4.61. The fraction of sp³-hybridized carbons (Fsp3) is 0.273. The minimum atomic E-state index is -4.39. The van der Waals surface area contributed by atoms with Crippen molar-refractivity contribution < 1.29 is 22.6 Å². The van der Waals surface area contributed by atoms with E-state index in [1.54, 1.807) is 12.1 Å². The van der Waals surface area contributed by atoms with E-state index in [4.69, 9.17) is 9.47 Å². The second-order valence-electron chi connectivity index (χ2n) is 3.31. The Balaban J connectivity index is 2.36. The van der Waals surface area contributed by atoms with Gasteiger partial charge in [-0.2, -0.15) is 13.2 Å². The van der Waals surface area contributed by atoms with Crippen molar-refractivity contribution in [1.82, 2.24) is 0 Å². The summed E-state index contributed by atoms with van der Waals surface area (Å²) in [6.07, 6.45) is -3.93. The predicted octanol–water partition coefficient (Wildman–Crippen LogP) is 3.03. The summed E-state index contributed by atoms with van der Waals surface area (Å²) in [5.41, 5.74) is 0.533. The Kier molecular flexibility index (Phi) is 2.53.